The molecular formula is C18H19BrFNO3. The minimum atomic E-state index is -0.475. The van der Waals surface area contributed by atoms with Crippen LogP contribution in [0.4, 0.5) is 10.1 Å². The first kappa shape index (κ1) is 18.3. The number of methoxy groups -OCH3 is 1. The SMILES string of the molecule is CCCOc1c(Br)cc(C(=O)Nc2ccc(C)cc2F)cc1OC. The predicted octanol–water partition coefficient (Wildman–Crippen LogP) is 4.95. The van der Waals surface area contributed by atoms with Crippen molar-refractivity contribution in [3.8, 4) is 11.5 Å². The highest BCUT2D eigenvalue weighted by molar-refractivity contribution is 9.10. The Hall–Kier alpha value is -2.08. The van der Waals surface area contributed by atoms with Gasteiger partial charge in [-0.1, -0.05) is 13.0 Å². The van der Waals surface area contributed by atoms with Crippen LogP contribution in [-0.2, 0) is 0 Å². The van der Waals surface area contributed by atoms with Gasteiger partial charge in [0.15, 0.2) is 11.5 Å². The molecule has 6 heteroatoms. The molecule has 0 radical (unpaired) electrons. The smallest absolute Gasteiger partial charge is 0.255 e. The second-order valence-electron chi connectivity index (χ2n) is 5.28. The second-order valence-corrected chi connectivity index (χ2v) is 6.13. The molecule has 2 aromatic rings. The van der Waals surface area contributed by atoms with Gasteiger partial charge in [0.2, 0.25) is 0 Å². The van der Waals surface area contributed by atoms with Crippen molar-refractivity contribution in [2.24, 2.45) is 0 Å². The summed E-state index contributed by atoms with van der Waals surface area (Å²) in [5.74, 6) is 0.0702. The Kier molecular flexibility index (Phi) is 6.20. The van der Waals surface area contributed by atoms with Gasteiger partial charge in [-0.2, -0.15) is 0 Å². The molecule has 24 heavy (non-hydrogen) atoms. The van der Waals surface area contributed by atoms with Crippen molar-refractivity contribution < 1.29 is 18.7 Å². The normalized spacial score (nSPS) is 10.4. The summed E-state index contributed by atoms with van der Waals surface area (Å²) in [4.78, 5) is 12.4. The molecule has 0 saturated heterocycles. The Bertz CT molecular complexity index is 749. The van der Waals surface area contributed by atoms with Crippen molar-refractivity contribution in [1.82, 2.24) is 0 Å². The highest BCUT2D eigenvalue weighted by atomic mass is 79.9. The quantitative estimate of drug-likeness (QED) is 0.752. The molecule has 0 aliphatic heterocycles. The molecule has 0 aliphatic carbocycles. The van der Waals surface area contributed by atoms with Crippen LogP contribution >= 0.6 is 15.9 Å². The third-order valence-corrected chi connectivity index (χ3v) is 3.90. The Morgan fingerprint density at radius 2 is 2.04 bits per heavy atom. The Balaban J connectivity index is 2.27. The minimum Gasteiger partial charge on any atom is -0.493 e. The number of halogens is 2. The van der Waals surface area contributed by atoms with E-state index in [0.717, 1.165) is 12.0 Å². The third-order valence-electron chi connectivity index (χ3n) is 3.31. The number of rotatable bonds is 6. The van der Waals surface area contributed by atoms with E-state index in [1.54, 1.807) is 25.1 Å². The Morgan fingerprint density at radius 3 is 2.67 bits per heavy atom. The summed E-state index contributed by atoms with van der Waals surface area (Å²) in [5, 5.41) is 2.56. The van der Waals surface area contributed by atoms with E-state index in [1.165, 1.54) is 19.2 Å². The molecule has 0 aliphatic rings. The first-order chi connectivity index (χ1) is 11.5. The Labute approximate surface area is 149 Å². The number of amides is 1. The maximum atomic E-state index is 13.9. The van der Waals surface area contributed by atoms with Crippen molar-refractivity contribution in [3.05, 3.63) is 51.7 Å². The van der Waals surface area contributed by atoms with Gasteiger partial charge in [0.1, 0.15) is 5.82 Å². The number of carbonyl (C=O) groups excluding carboxylic acids is 1. The van der Waals surface area contributed by atoms with Crippen LogP contribution in [-0.4, -0.2) is 19.6 Å². The number of hydrogen-bond donors (Lipinski definition) is 1. The van der Waals surface area contributed by atoms with E-state index in [9.17, 15) is 9.18 Å². The van der Waals surface area contributed by atoms with Gasteiger partial charge in [-0.05, 0) is 59.1 Å². The Morgan fingerprint density at radius 1 is 1.29 bits per heavy atom. The zero-order valence-corrected chi connectivity index (χ0v) is 15.4. The van der Waals surface area contributed by atoms with Crippen LogP contribution < -0.4 is 14.8 Å². The number of hydrogen-bond acceptors (Lipinski definition) is 3. The summed E-state index contributed by atoms with van der Waals surface area (Å²) >= 11 is 3.39. The van der Waals surface area contributed by atoms with Gasteiger partial charge in [0, 0.05) is 5.56 Å². The number of aryl methyl sites for hydroxylation is 1. The van der Waals surface area contributed by atoms with Crippen molar-refractivity contribution in [2.75, 3.05) is 19.0 Å². The summed E-state index contributed by atoms with van der Waals surface area (Å²) < 4.78 is 25.4. The van der Waals surface area contributed by atoms with Crippen LogP contribution in [0.2, 0.25) is 0 Å². The van der Waals surface area contributed by atoms with E-state index in [-0.39, 0.29) is 5.69 Å². The van der Waals surface area contributed by atoms with Crippen molar-refractivity contribution in [2.45, 2.75) is 20.3 Å². The fraction of sp³-hybridized carbons (Fsp3) is 0.278. The number of carbonyl (C=O) groups is 1. The zero-order valence-electron chi connectivity index (χ0n) is 13.8. The lowest BCUT2D eigenvalue weighted by molar-refractivity contribution is 0.102. The number of anilines is 1. The largest absolute Gasteiger partial charge is 0.493 e. The summed E-state index contributed by atoms with van der Waals surface area (Å²) in [6.07, 6.45) is 0.852. The minimum absolute atomic E-state index is 0.131. The molecular weight excluding hydrogens is 377 g/mol. The summed E-state index contributed by atoms with van der Waals surface area (Å²) in [5.41, 5.74) is 1.25. The van der Waals surface area contributed by atoms with Crippen LogP contribution in [0.15, 0.2) is 34.8 Å². The van der Waals surface area contributed by atoms with Crippen LogP contribution in [0.3, 0.4) is 0 Å². The zero-order chi connectivity index (χ0) is 17.7. The molecule has 2 rings (SSSR count). The van der Waals surface area contributed by atoms with Crippen molar-refractivity contribution in [1.29, 1.82) is 0 Å². The van der Waals surface area contributed by atoms with Crippen LogP contribution in [0.1, 0.15) is 29.3 Å². The van der Waals surface area contributed by atoms with Gasteiger partial charge in [0.05, 0.1) is 23.9 Å². The molecule has 128 valence electrons. The number of benzene rings is 2. The van der Waals surface area contributed by atoms with Gasteiger partial charge in [0.25, 0.3) is 5.91 Å². The van der Waals surface area contributed by atoms with E-state index in [1.807, 2.05) is 6.92 Å². The van der Waals surface area contributed by atoms with Crippen molar-refractivity contribution >= 4 is 27.5 Å². The van der Waals surface area contributed by atoms with E-state index >= 15 is 0 Å². The highest BCUT2D eigenvalue weighted by Crippen LogP contribution is 2.37. The first-order valence-electron chi connectivity index (χ1n) is 7.54. The average Bonchev–Trinajstić information content (AvgIpc) is 2.55. The van der Waals surface area contributed by atoms with Gasteiger partial charge in [-0.3, -0.25) is 4.79 Å². The molecule has 0 unspecified atom stereocenters. The fourth-order valence-electron chi connectivity index (χ4n) is 2.11. The monoisotopic (exact) mass is 395 g/mol. The molecule has 0 aromatic heterocycles. The number of ether oxygens (including phenoxy) is 2. The van der Waals surface area contributed by atoms with Gasteiger partial charge < -0.3 is 14.8 Å². The maximum Gasteiger partial charge on any atom is 0.255 e. The maximum absolute atomic E-state index is 13.9. The van der Waals surface area contributed by atoms with Crippen LogP contribution in [0, 0.1) is 12.7 Å². The topological polar surface area (TPSA) is 47.6 Å². The van der Waals surface area contributed by atoms with E-state index < -0.39 is 11.7 Å². The second kappa shape index (κ2) is 8.15. The third kappa shape index (κ3) is 4.26. The van der Waals surface area contributed by atoms with Gasteiger partial charge >= 0.3 is 0 Å². The molecule has 1 N–H and O–H groups in total. The lowest BCUT2D eigenvalue weighted by Crippen LogP contribution is -2.13. The molecule has 0 atom stereocenters. The molecule has 0 spiro atoms. The summed E-state index contributed by atoms with van der Waals surface area (Å²) in [7, 11) is 1.50. The molecule has 0 heterocycles. The number of nitrogens with one attached hydrogen (secondary N) is 1. The van der Waals surface area contributed by atoms with E-state index in [4.69, 9.17) is 9.47 Å². The first-order valence-corrected chi connectivity index (χ1v) is 8.33. The molecule has 2 aromatic carbocycles. The van der Waals surface area contributed by atoms with Gasteiger partial charge in [-0.15, -0.1) is 0 Å². The highest BCUT2D eigenvalue weighted by Gasteiger charge is 2.16. The summed E-state index contributed by atoms with van der Waals surface area (Å²) in [6, 6.07) is 7.82. The standard InChI is InChI=1S/C18H19BrFNO3/c1-4-7-24-17-13(19)9-12(10-16(17)23-3)18(22)21-15-6-5-11(2)8-14(15)20/h5-6,8-10H,4,7H2,1-3H3,(H,21,22). The lowest BCUT2D eigenvalue weighted by Gasteiger charge is -2.14. The molecule has 0 fully saturated rings. The van der Waals surface area contributed by atoms with Crippen LogP contribution in [0.25, 0.3) is 0 Å². The average molecular weight is 396 g/mol. The molecule has 0 bridgehead atoms. The van der Waals surface area contributed by atoms with E-state index in [2.05, 4.69) is 21.2 Å². The molecule has 0 saturated carbocycles. The fourth-order valence-corrected chi connectivity index (χ4v) is 2.67. The molecule has 4 nitrogen and oxygen atoms in total. The van der Waals surface area contributed by atoms with Gasteiger partial charge in [-0.25, -0.2) is 4.39 Å². The van der Waals surface area contributed by atoms with Crippen LogP contribution in [0.5, 0.6) is 11.5 Å². The van der Waals surface area contributed by atoms with Crippen molar-refractivity contribution in [3.63, 3.8) is 0 Å². The predicted molar refractivity (Wildman–Crippen MR) is 95.6 cm³/mol. The van der Waals surface area contributed by atoms with E-state index in [0.29, 0.717) is 28.1 Å². The summed E-state index contributed by atoms with van der Waals surface area (Å²) in [6.45, 7) is 4.32. The molecule has 1 amide bonds. The lowest BCUT2D eigenvalue weighted by atomic mass is 10.1.